The minimum atomic E-state index is -0.791. The van der Waals surface area contributed by atoms with Crippen LogP contribution in [0.3, 0.4) is 0 Å². The predicted octanol–water partition coefficient (Wildman–Crippen LogP) is 4.73. The van der Waals surface area contributed by atoms with Crippen LogP contribution in [0.4, 0.5) is 4.39 Å². The van der Waals surface area contributed by atoms with Gasteiger partial charge in [-0.3, -0.25) is 4.79 Å². The number of hydrogen-bond donors (Lipinski definition) is 1. The monoisotopic (exact) mass is 367 g/mol. The molecule has 0 saturated heterocycles. The summed E-state index contributed by atoms with van der Waals surface area (Å²) in [5, 5.41) is 10.3. The van der Waals surface area contributed by atoms with Gasteiger partial charge in [0.1, 0.15) is 11.6 Å². The van der Waals surface area contributed by atoms with E-state index in [1.165, 1.54) is 6.07 Å². The molecule has 4 rings (SSSR count). The lowest BCUT2D eigenvalue weighted by Gasteiger charge is -2.24. The van der Waals surface area contributed by atoms with E-state index >= 15 is 0 Å². The van der Waals surface area contributed by atoms with Crippen LogP contribution in [0.25, 0.3) is 10.9 Å². The third kappa shape index (κ3) is 3.29. The molecule has 1 unspecified atom stereocenters. The van der Waals surface area contributed by atoms with Gasteiger partial charge in [-0.2, -0.15) is 0 Å². The second-order valence-electron chi connectivity index (χ2n) is 7.15. The summed E-state index contributed by atoms with van der Waals surface area (Å²) < 4.78 is 21.3. The Hall–Kier alpha value is -2.82. The molecule has 0 fully saturated rings. The average molecular weight is 367 g/mol. The Morgan fingerprint density at radius 3 is 2.74 bits per heavy atom. The lowest BCUT2D eigenvalue weighted by molar-refractivity contribution is -0.137. The fraction of sp³-hybridized carbons (Fsp3) is 0.318. The summed E-state index contributed by atoms with van der Waals surface area (Å²) in [6.45, 7) is 0.623. The maximum atomic E-state index is 13.9. The van der Waals surface area contributed by atoms with Gasteiger partial charge in [0.2, 0.25) is 0 Å². The van der Waals surface area contributed by atoms with Crippen LogP contribution in [0.5, 0.6) is 5.75 Å². The van der Waals surface area contributed by atoms with Crippen molar-refractivity contribution in [3.05, 3.63) is 65.1 Å². The van der Waals surface area contributed by atoms with E-state index in [1.807, 2.05) is 30.3 Å². The summed E-state index contributed by atoms with van der Waals surface area (Å²) in [6, 6.07) is 12.7. The smallest absolute Gasteiger partial charge is 0.304 e. The maximum Gasteiger partial charge on any atom is 0.304 e. The number of carboxylic acids is 1. The molecule has 0 aliphatic heterocycles. The van der Waals surface area contributed by atoms with Gasteiger partial charge in [-0.1, -0.05) is 12.1 Å². The molecule has 1 atom stereocenters. The third-order valence-corrected chi connectivity index (χ3v) is 5.46. The molecule has 0 amide bonds. The second-order valence-corrected chi connectivity index (χ2v) is 7.15. The minimum Gasteiger partial charge on any atom is -0.497 e. The number of halogens is 1. The van der Waals surface area contributed by atoms with Gasteiger partial charge in [0.25, 0.3) is 0 Å². The standard InChI is InChI=1S/C22H22FNO3/c1-27-17-8-5-14(6-9-17)13-24-20-10-7-16(23)12-19(20)18-4-2-3-15(22(18)24)11-21(25)26/h5-10,12,15H,2-4,11,13H2,1H3,(H,25,26). The van der Waals surface area contributed by atoms with Crippen LogP contribution in [0.15, 0.2) is 42.5 Å². The number of ether oxygens (including phenoxy) is 1. The number of carbonyl (C=O) groups is 1. The molecular formula is C22H22FNO3. The minimum absolute atomic E-state index is 0.0417. The first-order valence-electron chi connectivity index (χ1n) is 9.22. The van der Waals surface area contributed by atoms with E-state index in [0.29, 0.717) is 6.54 Å². The highest BCUT2D eigenvalue weighted by molar-refractivity contribution is 5.86. The van der Waals surface area contributed by atoms with Crippen molar-refractivity contribution in [2.75, 3.05) is 7.11 Å². The van der Waals surface area contributed by atoms with Gasteiger partial charge in [-0.05, 0) is 60.7 Å². The molecular weight excluding hydrogens is 345 g/mol. The molecule has 1 N–H and O–H groups in total. The normalized spacial score (nSPS) is 16.3. The zero-order valence-corrected chi connectivity index (χ0v) is 15.2. The summed E-state index contributed by atoms with van der Waals surface area (Å²) in [5.41, 5.74) is 4.23. The number of aliphatic carboxylic acids is 1. The molecule has 0 saturated carbocycles. The summed E-state index contributed by atoms with van der Waals surface area (Å²) in [5.74, 6) is -0.295. The first kappa shape index (κ1) is 17.6. The van der Waals surface area contributed by atoms with Crippen molar-refractivity contribution in [2.24, 2.45) is 0 Å². The van der Waals surface area contributed by atoms with Crippen LogP contribution >= 0.6 is 0 Å². The highest BCUT2D eigenvalue weighted by atomic mass is 19.1. The second kappa shape index (κ2) is 7.06. The Morgan fingerprint density at radius 2 is 2.04 bits per heavy atom. The van der Waals surface area contributed by atoms with Gasteiger partial charge in [0, 0.05) is 29.1 Å². The number of aromatic nitrogens is 1. The topological polar surface area (TPSA) is 51.5 Å². The molecule has 5 heteroatoms. The number of fused-ring (bicyclic) bond motifs is 3. The van der Waals surface area contributed by atoms with Crippen LogP contribution in [0.2, 0.25) is 0 Å². The maximum absolute atomic E-state index is 13.9. The van der Waals surface area contributed by atoms with Crippen LogP contribution in [0, 0.1) is 5.82 Å². The van der Waals surface area contributed by atoms with E-state index in [0.717, 1.165) is 52.7 Å². The molecule has 1 aliphatic carbocycles. The first-order chi connectivity index (χ1) is 13.1. The summed E-state index contributed by atoms with van der Waals surface area (Å²) >= 11 is 0. The number of carboxylic acid groups (broad SMARTS) is 1. The van der Waals surface area contributed by atoms with Crippen molar-refractivity contribution < 1.29 is 19.0 Å². The summed E-state index contributed by atoms with van der Waals surface area (Å²) in [6.07, 6.45) is 2.75. The number of hydrogen-bond acceptors (Lipinski definition) is 2. The van der Waals surface area contributed by atoms with Crippen molar-refractivity contribution in [2.45, 2.75) is 38.1 Å². The quantitative estimate of drug-likeness (QED) is 0.709. The van der Waals surface area contributed by atoms with E-state index in [-0.39, 0.29) is 18.2 Å². The molecule has 27 heavy (non-hydrogen) atoms. The molecule has 2 aromatic carbocycles. The molecule has 1 heterocycles. The highest BCUT2D eigenvalue weighted by Crippen LogP contribution is 2.40. The predicted molar refractivity (Wildman–Crippen MR) is 102 cm³/mol. The first-order valence-corrected chi connectivity index (χ1v) is 9.22. The van der Waals surface area contributed by atoms with Gasteiger partial charge in [0.05, 0.1) is 13.5 Å². The van der Waals surface area contributed by atoms with Gasteiger partial charge in [-0.25, -0.2) is 4.39 Å². The summed E-state index contributed by atoms with van der Waals surface area (Å²) in [7, 11) is 1.63. The van der Waals surface area contributed by atoms with Crippen molar-refractivity contribution in [3.63, 3.8) is 0 Å². The Labute approximate surface area is 157 Å². The number of nitrogens with zero attached hydrogens (tertiary/aromatic N) is 1. The zero-order valence-electron chi connectivity index (χ0n) is 15.2. The fourth-order valence-corrected chi connectivity index (χ4v) is 4.30. The molecule has 140 valence electrons. The van der Waals surface area contributed by atoms with Gasteiger partial charge in [0.15, 0.2) is 0 Å². The fourth-order valence-electron chi connectivity index (χ4n) is 4.30. The van der Waals surface area contributed by atoms with E-state index in [4.69, 9.17) is 4.74 Å². The van der Waals surface area contributed by atoms with E-state index < -0.39 is 5.97 Å². The van der Waals surface area contributed by atoms with Crippen molar-refractivity contribution in [1.82, 2.24) is 4.57 Å². The molecule has 1 aliphatic rings. The Morgan fingerprint density at radius 1 is 1.26 bits per heavy atom. The van der Waals surface area contributed by atoms with Gasteiger partial charge in [-0.15, -0.1) is 0 Å². The van der Waals surface area contributed by atoms with E-state index in [9.17, 15) is 14.3 Å². The molecule has 1 aromatic heterocycles. The molecule has 4 nitrogen and oxygen atoms in total. The van der Waals surface area contributed by atoms with Gasteiger partial charge >= 0.3 is 5.97 Å². The van der Waals surface area contributed by atoms with Gasteiger partial charge < -0.3 is 14.4 Å². The SMILES string of the molecule is COc1ccc(Cn2c3c(c4cc(F)ccc42)CCCC3CC(=O)O)cc1. The zero-order chi connectivity index (χ0) is 19.0. The molecule has 3 aromatic rings. The van der Waals surface area contributed by atoms with E-state index in [1.54, 1.807) is 13.2 Å². The number of aryl methyl sites for hydroxylation is 1. The van der Waals surface area contributed by atoms with Crippen molar-refractivity contribution >= 4 is 16.9 Å². The lowest BCUT2D eigenvalue weighted by Crippen LogP contribution is -2.17. The Balaban J connectivity index is 1.85. The largest absolute Gasteiger partial charge is 0.497 e. The molecule has 0 radical (unpaired) electrons. The van der Waals surface area contributed by atoms with Crippen molar-refractivity contribution in [3.8, 4) is 5.75 Å². The van der Waals surface area contributed by atoms with Crippen LogP contribution < -0.4 is 4.74 Å². The number of benzene rings is 2. The Bertz CT molecular complexity index is 991. The molecule has 0 bridgehead atoms. The number of rotatable bonds is 5. The average Bonchev–Trinajstić information content (AvgIpc) is 2.96. The highest BCUT2D eigenvalue weighted by Gasteiger charge is 2.29. The van der Waals surface area contributed by atoms with Crippen molar-refractivity contribution in [1.29, 1.82) is 0 Å². The van der Waals surface area contributed by atoms with E-state index in [2.05, 4.69) is 4.57 Å². The summed E-state index contributed by atoms with van der Waals surface area (Å²) in [4.78, 5) is 11.4. The molecule has 0 spiro atoms. The third-order valence-electron chi connectivity index (χ3n) is 5.46. The Kier molecular flexibility index (Phi) is 4.60. The number of methoxy groups -OCH3 is 1. The van der Waals surface area contributed by atoms with Crippen LogP contribution in [-0.2, 0) is 17.8 Å². The van der Waals surface area contributed by atoms with Crippen LogP contribution in [0.1, 0.15) is 42.0 Å². The van der Waals surface area contributed by atoms with Crippen LogP contribution in [-0.4, -0.2) is 22.8 Å². The lowest BCUT2D eigenvalue weighted by atomic mass is 9.84.